The van der Waals surface area contributed by atoms with Crippen LogP contribution in [0.25, 0.3) is 0 Å². The van der Waals surface area contributed by atoms with Gasteiger partial charge in [-0.05, 0) is 18.4 Å². The first-order valence-corrected chi connectivity index (χ1v) is 8.96. The highest BCUT2D eigenvalue weighted by atomic mass is 32.3. The Morgan fingerprint density at radius 2 is 1.65 bits per heavy atom. The Morgan fingerprint density at radius 3 is 1.94 bits per heavy atom. The van der Waals surface area contributed by atoms with Gasteiger partial charge >= 0.3 is 0 Å². The molecule has 0 heterocycles. The molecule has 0 fully saturated rings. The summed E-state index contributed by atoms with van der Waals surface area (Å²) in [5.41, 5.74) is 5.10. The molecule has 6 nitrogen and oxygen atoms in total. The van der Waals surface area contributed by atoms with E-state index >= 15 is 0 Å². The van der Waals surface area contributed by atoms with Crippen molar-refractivity contribution < 1.29 is 16.8 Å². The fourth-order valence-electron chi connectivity index (χ4n) is 1.37. The summed E-state index contributed by atoms with van der Waals surface area (Å²) in [7, 11) is -7.41. The SMILES string of the molecule is CC(C)(C)C(CCN)NS(=O)(=O)CS(C)(=O)=O. The number of sulfone groups is 1. The van der Waals surface area contributed by atoms with Crippen molar-refractivity contribution in [3.05, 3.63) is 0 Å². The highest BCUT2D eigenvalue weighted by molar-refractivity contribution is 8.06. The quantitative estimate of drug-likeness (QED) is 0.695. The molecule has 0 aromatic rings. The molecule has 0 saturated carbocycles. The van der Waals surface area contributed by atoms with Crippen LogP contribution < -0.4 is 10.5 Å². The third-order valence-electron chi connectivity index (χ3n) is 2.19. The van der Waals surface area contributed by atoms with E-state index in [-0.39, 0.29) is 11.5 Å². The molecule has 0 radical (unpaired) electrons. The third-order valence-corrected chi connectivity index (χ3v) is 5.79. The largest absolute Gasteiger partial charge is 0.330 e. The molecular formula is C9H22N2O4S2. The average Bonchev–Trinajstić information content (AvgIpc) is 1.96. The minimum Gasteiger partial charge on any atom is -0.330 e. The Balaban J connectivity index is 4.89. The second-order valence-electron chi connectivity index (χ2n) is 5.27. The van der Waals surface area contributed by atoms with Crippen LogP contribution in [0.15, 0.2) is 0 Å². The van der Waals surface area contributed by atoms with Gasteiger partial charge in [-0.1, -0.05) is 20.8 Å². The zero-order valence-corrected chi connectivity index (χ0v) is 12.4. The molecule has 0 rings (SSSR count). The molecule has 0 saturated heterocycles. The maximum absolute atomic E-state index is 11.6. The number of nitrogens with two attached hydrogens (primary N) is 1. The lowest BCUT2D eigenvalue weighted by Gasteiger charge is -2.30. The van der Waals surface area contributed by atoms with E-state index in [0.29, 0.717) is 13.0 Å². The number of hydrogen-bond acceptors (Lipinski definition) is 5. The van der Waals surface area contributed by atoms with Gasteiger partial charge in [-0.3, -0.25) is 0 Å². The topological polar surface area (TPSA) is 106 Å². The van der Waals surface area contributed by atoms with E-state index in [1.54, 1.807) is 0 Å². The summed E-state index contributed by atoms with van der Waals surface area (Å²) in [5.74, 6) is 0. The van der Waals surface area contributed by atoms with Gasteiger partial charge in [0, 0.05) is 12.3 Å². The lowest BCUT2D eigenvalue weighted by molar-refractivity contribution is 0.287. The van der Waals surface area contributed by atoms with Crippen molar-refractivity contribution in [3.63, 3.8) is 0 Å². The molecule has 0 bridgehead atoms. The maximum atomic E-state index is 11.6. The molecular weight excluding hydrogens is 264 g/mol. The van der Waals surface area contributed by atoms with E-state index in [1.807, 2.05) is 20.8 Å². The van der Waals surface area contributed by atoms with Gasteiger partial charge in [0.05, 0.1) is 0 Å². The molecule has 3 N–H and O–H groups in total. The molecule has 0 aromatic carbocycles. The summed E-state index contributed by atoms with van der Waals surface area (Å²) in [4.78, 5) is 0. The smallest absolute Gasteiger partial charge is 0.226 e. The van der Waals surface area contributed by atoms with Gasteiger partial charge in [0.1, 0.15) is 0 Å². The standard InChI is InChI=1S/C9H22N2O4S2/c1-9(2,3)8(5-6-10)11-17(14,15)7-16(4,12)13/h8,11H,5-7,10H2,1-4H3. The molecule has 1 atom stereocenters. The monoisotopic (exact) mass is 286 g/mol. The van der Waals surface area contributed by atoms with Crippen LogP contribution in [-0.2, 0) is 19.9 Å². The van der Waals surface area contributed by atoms with Crippen LogP contribution in [0.2, 0.25) is 0 Å². The third kappa shape index (κ3) is 7.69. The summed E-state index contributed by atoms with van der Waals surface area (Å²) < 4.78 is 47.7. The molecule has 8 heteroatoms. The Morgan fingerprint density at radius 1 is 1.18 bits per heavy atom. The van der Waals surface area contributed by atoms with Crippen LogP contribution in [0.5, 0.6) is 0 Å². The van der Waals surface area contributed by atoms with E-state index in [0.717, 1.165) is 6.26 Å². The summed E-state index contributed by atoms with van der Waals surface area (Å²) in [6, 6.07) is -0.376. The van der Waals surface area contributed by atoms with Crippen molar-refractivity contribution in [3.8, 4) is 0 Å². The molecule has 1 unspecified atom stereocenters. The lowest BCUT2D eigenvalue weighted by Crippen LogP contribution is -2.46. The highest BCUT2D eigenvalue weighted by Gasteiger charge is 2.29. The minimum absolute atomic E-state index is 0.316. The lowest BCUT2D eigenvalue weighted by atomic mass is 9.85. The maximum Gasteiger partial charge on any atom is 0.226 e. The van der Waals surface area contributed by atoms with Crippen LogP contribution in [0.4, 0.5) is 0 Å². The van der Waals surface area contributed by atoms with Gasteiger partial charge in [0.15, 0.2) is 14.9 Å². The molecule has 0 aromatic heterocycles. The van der Waals surface area contributed by atoms with Crippen LogP contribution in [0.3, 0.4) is 0 Å². The predicted octanol–water partition coefficient (Wildman–Crippen LogP) is -0.329. The van der Waals surface area contributed by atoms with Crippen molar-refractivity contribution in [1.29, 1.82) is 0 Å². The molecule has 0 amide bonds. The molecule has 0 aliphatic rings. The first-order chi connectivity index (χ1) is 7.37. The van der Waals surface area contributed by atoms with Crippen LogP contribution in [0, 0.1) is 5.41 Å². The Labute approximate surface area is 104 Å². The fraction of sp³-hybridized carbons (Fsp3) is 1.00. The Bertz CT molecular complexity index is 434. The summed E-state index contributed by atoms with van der Waals surface area (Å²) in [6.07, 6.45) is 1.35. The van der Waals surface area contributed by atoms with Crippen molar-refractivity contribution in [2.75, 3.05) is 17.9 Å². The first kappa shape index (κ1) is 16.8. The molecule has 0 aliphatic heterocycles. The van der Waals surface area contributed by atoms with Gasteiger partial charge < -0.3 is 5.73 Å². The molecule has 17 heavy (non-hydrogen) atoms. The average molecular weight is 286 g/mol. The van der Waals surface area contributed by atoms with Gasteiger partial charge in [-0.2, -0.15) is 0 Å². The van der Waals surface area contributed by atoms with Crippen molar-refractivity contribution in [2.24, 2.45) is 11.1 Å². The number of hydrogen-bond donors (Lipinski definition) is 2. The molecule has 104 valence electrons. The van der Waals surface area contributed by atoms with Crippen molar-refractivity contribution in [1.82, 2.24) is 4.72 Å². The number of nitrogens with one attached hydrogen (secondary N) is 1. The predicted molar refractivity (Wildman–Crippen MR) is 68.7 cm³/mol. The van der Waals surface area contributed by atoms with Crippen molar-refractivity contribution >= 4 is 19.9 Å². The molecule has 0 spiro atoms. The second kappa shape index (κ2) is 5.64. The normalized spacial score (nSPS) is 15.8. The van der Waals surface area contributed by atoms with E-state index in [9.17, 15) is 16.8 Å². The summed E-state index contributed by atoms with van der Waals surface area (Å²) in [6.45, 7) is 5.95. The highest BCUT2D eigenvalue weighted by Crippen LogP contribution is 2.22. The van der Waals surface area contributed by atoms with Crippen LogP contribution in [0.1, 0.15) is 27.2 Å². The van der Waals surface area contributed by atoms with Crippen LogP contribution >= 0.6 is 0 Å². The van der Waals surface area contributed by atoms with E-state index in [2.05, 4.69) is 4.72 Å². The summed E-state index contributed by atoms with van der Waals surface area (Å²) >= 11 is 0. The van der Waals surface area contributed by atoms with Gasteiger partial charge in [-0.25, -0.2) is 21.6 Å². The van der Waals surface area contributed by atoms with Gasteiger partial charge in [0.25, 0.3) is 0 Å². The zero-order chi connectivity index (χ0) is 13.9. The van der Waals surface area contributed by atoms with Gasteiger partial charge in [0.2, 0.25) is 10.0 Å². The van der Waals surface area contributed by atoms with Crippen LogP contribution in [-0.4, -0.2) is 40.8 Å². The fourth-order valence-corrected chi connectivity index (χ4v) is 4.80. The van der Waals surface area contributed by atoms with E-state index in [1.165, 1.54) is 0 Å². The number of sulfonamides is 1. The number of rotatable bonds is 6. The summed E-state index contributed by atoms with van der Waals surface area (Å²) in [5, 5.41) is -0.892. The Kier molecular flexibility index (Phi) is 5.58. The second-order valence-corrected chi connectivity index (χ2v) is 9.53. The molecule has 0 aliphatic carbocycles. The van der Waals surface area contributed by atoms with Gasteiger partial charge in [-0.15, -0.1) is 0 Å². The zero-order valence-electron chi connectivity index (χ0n) is 10.7. The Hall–Kier alpha value is -0.180. The van der Waals surface area contributed by atoms with E-state index < -0.39 is 24.9 Å². The minimum atomic E-state index is -3.84. The van der Waals surface area contributed by atoms with E-state index in [4.69, 9.17) is 5.73 Å². The first-order valence-electron chi connectivity index (χ1n) is 5.25. The van der Waals surface area contributed by atoms with Crippen molar-refractivity contribution in [2.45, 2.75) is 33.2 Å².